The predicted molar refractivity (Wildman–Crippen MR) is 85.2 cm³/mol. The first kappa shape index (κ1) is 15.6. The first-order valence-corrected chi connectivity index (χ1v) is 7.78. The zero-order valence-electron chi connectivity index (χ0n) is 13.4. The van der Waals surface area contributed by atoms with Crippen molar-refractivity contribution in [1.82, 2.24) is 14.7 Å². The van der Waals surface area contributed by atoms with Crippen LogP contribution in [0.3, 0.4) is 0 Å². The highest BCUT2D eigenvalue weighted by molar-refractivity contribution is 5.92. The topological polar surface area (TPSA) is 56.6 Å². The minimum Gasteiger partial charge on any atom is -0.471 e. The Balaban J connectivity index is 1.61. The fourth-order valence-corrected chi connectivity index (χ4v) is 2.71. The van der Waals surface area contributed by atoms with E-state index in [2.05, 4.69) is 5.10 Å². The van der Waals surface area contributed by atoms with E-state index < -0.39 is 0 Å². The summed E-state index contributed by atoms with van der Waals surface area (Å²) in [6, 6.07) is 11.2. The van der Waals surface area contributed by atoms with E-state index in [9.17, 15) is 4.79 Å². The fraction of sp³-hybridized carbons (Fsp3) is 0.412. The third-order valence-electron chi connectivity index (χ3n) is 3.67. The van der Waals surface area contributed by atoms with Crippen LogP contribution in [0.15, 0.2) is 42.6 Å². The number of morpholine rings is 1. The minimum atomic E-state index is -0.0644. The predicted octanol–water partition coefficient (Wildman–Crippen LogP) is 2.17. The molecule has 1 saturated heterocycles. The Morgan fingerprint density at radius 3 is 2.61 bits per heavy atom. The van der Waals surface area contributed by atoms with Crippen molar-refractivity contribution < 1.29 is 14.3 Å². The number of hydrogen-bond donors (Lipinski definition) is 0. The van der Waals surface area contributed by atoms with E-state index in [0.29, 0.717) is 18.8 Å². The Morgan fingerprint density at radius 2 is 1.91 bits per heavy atom. The number of rotatable bonds is 4. The van der Waals surface area contributed by atoms with E-state index in [-0.39, 0.29) is 24.8 Å². The number of carbonyl (C=O) groups is 1. The van der Waals surface area contributed by atoms with Crippen molar-refractivity contribution >= 4 is 5.91 Å². The molecule has 0 unspecified atom stereocenters. The van der Waals surface area contributed by atoms with Crippen LogP contribution in [0.4, 0.5) is 0 Å². The van der Waals surface area contributed by atoms with Crippen LogP contribution < -0.4 is 4.74 Å². The molecule has 0 aliphatic carbocycles. The standard InChI is InChI=1S/C17H21N3O3/c1-13-10-19(11-14(2)23-13)17(21)16-8-9-20(18-16)12-22-15-6-4-3-5-7-15/h3-9,13-14H,10-12H2,1-2H3/t13-,14+. The number of carbonyl (C=O) groups excluding carboxylic acids is 1. The quantitative estimate of drug-likeness (QED) is 0.867. The van der Waals surface area contributed by atoms with Gasteiger partial charge >= 0.3 is 0 Å². The van der Waals surface area contributed by atoms with Gasteiger partial charge in [0.15, 0.2) is 12.4 Å². The molecule has 0 spiro atoms. The van der Waals surface area contributed by atoms with Gasteiger partial charge in [0.2, 0.25) is 0 Å². The van der Waals surface area contributed by atoms with Crippen LogP contribution >= 0.6 is 0 Å². The smallest absolute Gasteiger partial charge is 0.274 e. The summed E-state index contributed by atoms with van der Waals surface area (Å²) in [5, 5.41) is 4.31. The second kappa shape index (κ2) is 6.83. The Morgan fingerprint density at radius 1 is 1.22 bits per heavy atom. The molecule has 1 aromatic heterocycles. The van der Waals surface area contributed by atoms with Gasteiger partial charge in [-0.3, -0.25) is 4.79 Å². The first-order valence-electron chi connectivity index (χ1n) is 7.78. The molecule has 0 radical (unpaired) electrons. The Kier molecular flexibility index (Phi) is 4.62. The lowest BCUT2D eigenvalue weighted by Crippen LogP contribution is -2.48. The minimum absolute atomic E-state index is 0.0474. The van der Waals surface area contributed by atoms with E-state index in [0.717, 1.165) is 5.75 Å². The van der Waals surface area contributed by atoms with E-state index >= 15 is 0 Å². The van der Waals surface area contributed by atoms with Gasteiger partial charge in [-0.1, -0.05) is 18.2 Å². The van der Waals surface area contributed by atoms with Crippen LogP contribution in [0.5, 0.6) is 5.75 Å². The van der Waals surface area contributed by atoms with E-state index in [1.165, 1.54) is 0 Å². The molecule has 1 aliphatic rings. The van der Waals surface area contributed by atoms with Crippen LogP contribution in [0.25, 0.3) is 0 Å². The lowest BCUT2D eigenvalue weighted by atomic mass is 10.2. The average Bonchev–Trinajstić information content (AvgIpc) is 3.01. The summed E-state index contributed by atoms with van der Waals surface area (Å²) in [6.07, 6.45) is 1.85. The lowest BCUT2D eigenvalue weighted by Gasteiger charge is -2.34. The van der Waals surface area contributed by atoms with Crippen molar-refractivity contribution in [3.8, 4) is 5.75 Å². The maximum Gasteiger partial charge on any atom is 0.274 e. The van der Waals surface area contributed by atoms with Crippen LogP contribution in [-0.4, -0.2) is 45.9 Å². The summed E-state index contributed by atoms with van der Waals surface area (Å²) in [6.45, 7) is 5.41. The molecule has 0 N–H and O–H groups in total. The number of ether oxygens (including phenoxy) is 2. The molecule has 6 nitrogen and oxygen atoms in total. The number of para-hydroxylation sites is 1. The third kappa shape index (κ3) is 3.90. The van der Waals surface area contributed by atoms with Gasteiger partial charge in [0, 0.05) is 19.3 Å². The maximum atomic E-state index is 12.5. The highest BCUT2D eigenvalue weighted by atomic mass is 16.5. The van der Waals surface area contributed by atoms with Crippen molar-refractivity contribution in [2.45, 2.75) is 32.8 Å². The third-order valence-corrected chi connectivity index (χ3v) is 3.67. The maximum absolute atomic E-state index is 12.5. The van der Waals surface area contributed by atoms with Crippen molar-refractivity contribution in [3.05, 3.63) is 48.3 Å². The number of hydrogen-bond acceptors (Lipinski definition) is 4. The molecule has 2 atom stereocenters. The monoisotopic (exact) mass is 315 g/mol. The molecule has 122 valence electrons. The summed E-state index contributed by atoms with van der Waals surface area (Å²) in [5.74, 6) is 0.706. The number of nitrogens with zero attached hydrogens (tertiary/aromatic N) is 3. The molecule has 23 heavy (non-hydrogen) atoms. The lowest BCUT2D eigenvalue weighted by molar-refractivity contribution is -0.0587. The van der Waals surface area contributed by atoms with Gasteiger partial charge in [0.05, 0.1) is 12.2 Å². The van der Waals surface area contributed by atoms with Gasteiger partial charge in [-0.2, -0.15) is 5.10 Å². The normalized spacial score (nSPS) is 21.2. The van der Waals surface area contributed by atoms with E-state index in [4.69, 9.17) is 9.47 Å². The summed E-state index contributed by atoms with van der Waals surface area (Å²) in [4.78, 5) is 14.3. The molecule has 6 heteroatoms. The van der Waals surface area contributed by atoms with E-state index in [1.807, 2.05) is 44.2 Å². The van der Waals surface area contributed by atoms with Crippen molar-refractivity contribution in [1.29, 1.82) is 0 Å². The zero-order chi connectivity index (χ0) is 16.2. The van der Waals surface area contributed by atoms with Crippen molar-refractivity contribution in [2.24, 2.45) is 0 Å². The van der Waals surface area contributed by atoms with Crippen molar-refractivity contribution in [2.75, 3.05) is 13.1 Å². The summed E-state index contributed by atoms with van der Waals surface area (Å²) in [5.41, 5.74) is 0.433. The molecule has 2 heterocycles. The van der Waals surface area contributed by atoms with Gasteiger partial charge in [-0.25, -0.2) is 4.68 Å². The van der Waals surface area contributed by atoms with Gasteiger partial charge in [-0.15, -0.1) is 0 Å². The zero-order valence-corrected chi connectivity index (χ0v) is 13.4. The largest absolute Gasteiger partial charge is 0.471 e. The molecule has 1 aliphatic heterocycles. The van der Waals surface area contributed by atoms with Crippen molar-refractivity contribution in [3.63, 3.8) is 0 Å². The Hall–Kier alpha value is -2.34. The second-order valence-corrected chi connectivity index (χ2v) is 5.79. The molecule has 1 fully saturated rings. The van der Waals surface area contributed by atoms with Gasteiger partial charge < -0.3 is 14.4 Å². The molecule has 0 bridgehead atoms. The molecule has 0 saturated carbocycles. The molecule has 3 rings (SSSR count). The second-order valence-electron chi connectivity index (χ2n) is 5.79. The average molecular weight is 315 g/mol. The molecular weight excluding hydrogens is 294 g/mol. The van der Waals surface area contributed by atoms with Crippen LogP contribution in [0.1, 0.15) is 24.3 Å². The Labute approximate surface area is 135 Å². The number of aromatic nitrogens is 2. The van der Waals surface area contributed by atoms with E-state index in [1.54, 1.807) is 21.8 Å². The van der Waals surface area contributed by atoms with Crippen LogP contribution in [0.2, 0.25) is 0 Å². The Bertz CT molecular complexity index is 646. The first-order chi connectivity index (χ1) is 11.1. The summed E-state index contributed by atoms with van der Waals surface area (Å²) < 4.78 is 12.9. The fourth-order valence-electron chi connectivity index (χ4n) is 2.71. The highest BCUT2D eigenvalue weighted by Crippen LogP contribution is 2.14. The molecular formula is C17H21N3O3. The number of amides is 1. The number of benzene rings is 1. The molecule has 1 amide bonds. The molecule has 1 aromatic carbocycles. The van der Waals surface area contributed by atoms with Crippen LogP contribution in [-0.2, 0) is 11.5 Å². The van der Waals surface area contributed by atoms with Gasteiger partial charge in [0.25, 0.3) is 5.91 Å². The molecule has 2 aromatic rings. The highest BCUT2D eigenvalue weighted by Gasteiger charge is 2.27. The van der Waals surface area contributed by atoms with Gasteiger partial charge in [0.1, 0.15) is 5.75 Å². The summed E-state index contributed by atoms with van der Waals surface area (Å²) >= 11 is 0. The van der Waals surface area contributed by atoms with Gasteiger partial charge in [-0.05, 0) is 32.0 Å². The van der Waals surface area contributed by atoms with Crippen LogP contribution in [0, 0.1) is 0 Å². The summed E-state index contributed by atoms with van der Waals surface area (Å²) in [7, 11) is 0. The SMILES string of the molecule is C[C@@H]1CN(C(=O)c2ccn(COc3ccccc3)n2)C[C@H](C)O1.